The van der Waals surface area contributed by atoms with Crippen molar-refractivity contribution in [1.29, 1.82) is 0 Å². The van der Waals surface area contributed by atoms with Crippen molar-refractivity contribution in [2.45, 2.75) is 13.5 Å². The lowest BCUT2D eigenvalue weighted by Crippen LogP contribution is -2.25. The third kappa shape index (κ3) is 4.48. The summed E-state index contributed by atoms with van der Waals surface area (Å²) in [6, 6.07) is 10.5. The molecule has 8 heteroatoms. The van der Waals surface area contributed by atoms with Crippen molar-refractivity contribution >= 4 is 45.5 Å². The van der Waals surface area contributed by atoms with E-state index in [2.05, 4.69) is 21.2 Å². The molecule has 146 valence electrons. The van der Waals surface area contributed by atoms with E-state index in [1.807, 2.05) is 19.1 Å². The summed E-state index contributed by atoms with van der Waals surface area (Å²) in [5.74, 6) is 0.697. The zero-order chi connectivity index (χ0) is 20.3. The minimum Gasteiger partial charge on any atom is -0.490 e. The number of rotatable bonds is 6. The molecule has 0 saturated carbocycles. The maximum atomic E-state index is 12.1. The monoisotopic (exact) mass is 464 g/mol. The maximum absolute atomic E-state index is 12.1. The number of halogens is 2. The van der Waals surface area contributed by atoms with Gasteiger partial charge < -0.3 is 14.8 Å². The molecule has 2 aromatic carbocycles. The Kier molecular flexibility index (Phi) is 6.26. The minimum atomic E-state index is -0.455. The van der Waals surface area contributed by atoms with Crippen molar-refractivity contribution < 1.29 is 19.1 Å². The third-order valence-electron chi connectivity index (χ3n) is 4.02. The average molecular weight is 466 g/mol. The number of likely N-dealkylation sites (N-methyl/N-ethyl adjacent to an activating group) is 1. The summed E-state index contributed by atoms with van der Waals surface area (Å²) in [5, 5.41) is 3.20. The highest BCUT2D eigenvalue weighted by atomic mass is 79.9. The Labute approximate surface area is 176 Å². The molecule has 1 fully saturated rings. The molecule has 1 N–H and O–H groups in total. The van der Waals surface area contributed by atoms with Crippen LogP contribution in [0.15, 0.2) is 46.6 Å². The van der Waals surface area contributed by atoms with E-state index in [4.69, 9.17) is 21.1 Å². The molecule has 1 aliphatic rings. The highest BCUT2D eigenvalue weighted by Gasteiger charge is 2.30. The Morgan fingerprint density at radius 3 is 2.50 bits per heavy atom. The SMILES string of the molecule is CCOc1cc(/C=C2/NC(=O)N(C)C2=O)cc(Br)c1OCc1ccc(Cl)cc1. The number of amides is 3. The molecule has 2 aromatic rings. The first-order chi connectivity index (χ1) is 13.4. The summed E-state index contributed by atoms with van der Waals surface area (Å²) in [6.45, 7) is 2.66. The predicted molar refractivity (Wildman–Crippen MR) is 110 cm³/mol. The number of benzene rings is 2. The van der Waals surface area contributed by atoms with Crippen LogP contribution in [0.4, 0.5) is 4.79 Å². The van der Waals surface area contributed by atoms with Crippen LogP contribution in [-0.4, -0.2) is 30.5 Å². The minimum absolute atomic E-state index is 0.205. The van der Waals surface area contributed by atoms with Gasteiger partial charge in [-0.3, -0.25) is 9.69 Å². The molecule has 0 unspecified atom stereocenters. The Bertz CT molecular complexity index is 944. The molecule has 3 amide bonds. The quantitative estimate of drug-likeness (QED) is 0.500. The molecule has 0 bridgehead atoms. The second-order valence-corrected chi connectivity index (χ2v) is 7.32. The van der Waals surface area contributed by atoms with Crippen LogP contribution in [0.25, 0.3) is 6.08 Å². The fourth-order valence-corrected chi connectivity index (χ4v) is 3.30. The lowest BCUT2D eigenvalue weighted by atomic mass is 10.1. The zero-order valence-corrected chi connectivity index (χ0v) is 17.6. The van der Waals surface area contributed by atoms with Crippen molar-refractivity contribution in [3.05, 3.63) is 62.7 Å². The van der Waals surface area contributed by atoms with Crippen LogP contribution in [0.3, 0.4) is 0 Å². The molecule has 6 nitrogen and oxygen atoms in total. The van der Waals surface area contributed by atoms with Gasteiger partial charge >= 0.3 is 6.03 Å². The third-order valence-corrected chi connectivity index (χ3v) is 4.86. The van der Waals surface area contributed by atoms with Crippen LogP contribution in [0, 0.1) is 0 Å². The number of imide groups is 1. The fraction of sp³-hybridized carbons (Fsp3) is 0.200. The van der Waals surface area contributed by atoms with Gasteiger partial charge in [0.15, 0.2) is 11.5 Å². The Balaban J connectivity index is 1.86. The Hall–Kier alpha value is -2.51. The van der Waals surface area contributed by atoms with E-state index >= 15 is 0 Å². The Morgan fingerprint density at radius 2 is 1.89 bits per heavy atom. The first kappa shape index (κ1) is 20.2. The van der Waals surface area contributed by atoms with E-state index < -0.39 is 6.03 Å². The van der Waals surface area contributed by atoms with Gasteiger partial charge in [0.25, 0.3) is 5.91 Å². The second-order valence-electron chi connectivity index (χ2n) is 6.03. The largest absolute Gasteiger partial charge is 0.490 e. The number of ether oxygens (including phenoxy) is 2. The molecule has 3 rings (SSSR count). The lowest BCUT2D eigenvalue weighted by Gasteiger charge is -2.15. The van der Waals surface area contributed by atoms with Gasteiger partial charge in [-0.2, -0.15) is 0 Å². The van der Waals surface area contributed by atoms with Gasteiger partial charge in [0.2, 0.25) is 0 Å². The van der Waals surface area contributed by atoms with Gasteiger partial charge in [0.1, 0.15) is 12.3 Å². The van der Waals surface area contributed by atoms with Crippen LogP contribution in [-0.2, 0) is 11.4 Å². The van der Waals surface area contributed by atoms with Gasteiger partial charge in [-0.15, -0.1) is 0 Å². The lowest BCUT2D eigenvalue weighted by molar-refractivity contribution is -0.121. The van der Waals surface area contributed by atoms with Crippen molar-refractivity contribution in [2.75, 3.05) is 13.7 Å². The van der Waals surface area contributed by atoms with Crippen LogP contribution < -0.4 is 14.8 Å². The topological polar surface area (TPSA) is 67.9 Å². The van der Waals surface area contributed by atoms with Crippen molar-refractivity contribution in [1.82, 2.24) is 10.2 Å². The van der Waals surface area contributed by atoms with Crippen LogP contribution in [0.5, 0.6) is 11.5 Å². The van der Waals surface area contributed by atoms with E-state index in [1.54, 1.807) is 30.3 Å². The first-order valence-corrected chi connectivity index (χ1v) is 9.70. The van der Waals surface area contributed by atoms with E-state index in [9.17, 15) is 9.59 Å². The van der Waals surface area contributed by atoms with Gasteiger partial charge in [-0.05, 0) is 64.3 Å². The van der Waals surface area contributed by atoms with Crippen LogP contribution >= 0.6 is 27.5 Å². The summed E-state index contributed by atoms with van der Waals surface area (Å²) in [6.07, 6.45) is 1.60. The number of nitrogens with one attached hydrogen (secondary N) is 1. The standard InChI is InChI=1S/C20H18BrClN2O4/c1-3-27-17-10-13(9-16-19(25)24(2)20(26)23-16)8-15(21)18(17)28-11-12-4-6-14(22)7-5-12/h4-10H,3,11H2,1-2H3,(H,23,26)/b16-9+. The molecule has 1 saturated heterocycles. The van der Waals surface area contributed by atoms with E-state index in [1.165, 1.54) is 7.05 Å². The van der Waals surface area contributed by atoms with Crippen molar-refractivity contribution in [3.63, 3.8) is 0 Å². The van der Waals surface area contributed by atoms with Crippen molar-refractivity contribution in [2.24, 2.45) is 0 Å². The maximum Gasteiger partial charge on any atom is 0.328 e. The average Bonchev–Trinajstić information content (AvgIpc) is 2.89. The molecular formula is C20H18BrClN2O4. The zero-order valence-electron chi connectivity index (χ0n) is 15.3. The van der Waals surface area contributed by atoms with E-state index in [0.29, 0.717) is 39.8 Å². The molecule has 1 heterocycles. The van der Waals surface area contributed by atoms with Gasteiger partial charge in [-0.25, -0.2) is 4.79 Å². The normalized spacial score (nSPS) is 15.1. The summed E-state index contributed by atoms with van der Waals surface area (Å²) in [5.41, 5.74) is 1.86. The molecule has 0 aliphatic carbocycles. The highest BCUT2D eigenvalue weighted by molar-refractivity contribution is 9.10. The predicted octanol–water partition coefficient (Wildman–Crippen LogP) is 4.60. The number of carbonyl (C=O) groups is 2. The molecule has 0 radical (unpaired) electrons. The van der Waals surface area contributed by atoms with Gasteiger partial charge in [0.05, 0.1) is 11.1 Å². The fourth-order valence-electron chi connectivity index (χ4n) is 2.60. The van der Waals surface area contributed by atoms with E-state index in [-0.39, 0.29) is 11.6 Å². The van der Waals surface area contributed by atoms with Crippen LogP contribution in [0.1, 0.15) is 18.1 Å². The summed E-state index contributed by atoms with van der Waals surface area (Å²) >= 11 is 9.41. The van der Waals surface area contributed by atoms with Gasteiger partial charge in [0, 0.05) is 12.1 Å². The molecular weight excluding hydrogens is 448 g/mol. The number of hydrogen-bond acceptors (Lipinski definition) is 4. The summed E-state index contributed by atoms with van der Waals surface area (Å²) < 4.78 is 12.3. The number of carbonyl (C=O) groups excluding carboxylic acids is 2. The summed E-state index contributed by atoms with van der Waals surface area (Å²) in [7, 11) is 1.42. The number of nitrogens with zero attached hydrogens (tertiary/aromatic N) is 1. The number of urea groups is 1. The Morgan fingerprint density at radius 1 is 1.18 bits per heavy atom. The molecule has 28 heavy (non-hydrogen) atoms. The van der Waals surface area contributed by atoms with Gasteiger partial charge in [-0.1, -0.05) is 23.7 Å². The smallest absolute Gasteiger partial charge is 0.328 e. The molecule has 0 aromatic heterocycles. The van der Waals surface area contributed by atoms with Crippen LogP contribution in [0.2, 0.25) is 5.02 Å². The first-order valence-electron chi connectivity index (χ1n) is 8.53. The van der Waals surface area contributed by atoms with E-state index in [0.717, 1.165) is 10.5 Å². The highest BCUT2D eigenvalue weighted by Crippen LogP contribution is 2.38. The van der Waals surface area contributed by atoms with Crippen molar-refractivity contribution in [3.8, 4) is 11.5 Å². The second kappa shape index (κ2) is 8.67. The number of hydrogen-bond donors (Lipinski definition) is 1. The molecule has 1 aliphatic heterocycles. The molecule has 0 atom stereocenters. The molecule has 0 spiro atoms. The summed E-state index contributed by atoms with van der Waals surface area (Å²) in [4.78, 5) is 24.7.